The van der Waals surface area contributed by atoms with Gasteiger partial charge in [-0.2, -0.15) is 0 Å². The zero-order valence-electron chi connectivity index (χ0n) is 11.1. The third-order valence-corrected chi connectivity index (χ3v) is 2.78. The molecule has 0 aromatic carbocycles. The Morgan fingerprint density at radius 2 is 2.06 bits per heavy atom. The van der Waals surface area contributed by atoms with Gasteiger partial charge in [-0.25, -0.2) is 0 Å². The van der Waals surface area contributed by atoms with Crippen LogP contribution in [0.4, 0.5) is 0 Å². The molecule has 0 fully saturated rings. The molecule has 0 aliphatic heterocycles. The Labute approximate surface area is 98.8 Å². The van der Waals surface area contributed by atoms with E-state index in [2.05, 4.69) is 37.3 Å². The van der Waals surface area contributed by atoms with E-state index in [9.17, 15) is 0 Å². The van der Waals surface area contributed by atoms with Crippen LogP contribution in [0, 0.1) is 13.8 Å². The molecule has 1 atom stereocenters. The minimum Gasteiger partial charge on any atom is -0.466 e. The second kappa shape index (κ2) is 6.06. The third-order valence-electron chi connectivity index (χ3n) is 2.78. The van der Waals surface area contributed by atoms with E-state index in [1.807, 2.05) is 13.8 Å². The number of aryl methyl sites for hydroxylation is 2. The SMILES string of the molecule is Cc1cc(C(C)NCCCN(C)C)c(C)o1. The Balaban J connectivity index is 2.35. The van der Waals surface area contributed by atoms with Crippen LogP contribution in [0.3, 0.4) is 0 Å². The van der Waals surface area contributed by atoms with Crippen molar-refractivity contribution in [3.8, 4) is 0 Å². The Kier molecular flexibility index (Phi) is 5.03. The predicted molar refractivity (Wildman–Crippen MR) is 67.8 cm³/mol. The second-order valence-corrected chi connectivity index (χ2v) is 4.70. The molecule has 0 aliphatic carbocycles. The van der Waals surface area contributed by atoms with Gasteiger partial charge in [0.25, 0.3) is 0 Å². The van der Waals surface area contributed by atoms with Crippen LogP contribution in [0.1, 0.15) is 36.5 Å². The number of hydrogen-bond acceptors (Lipinski definition) is 3. The van der Waals surface area contributed by atoms with Crippen molar-refractivity contribution in [2.75, 3.05) is 27.2 Å². The number of rotatable bonds is 6. The molecule has 16 heavy (non-hydrogen) atoms. The molecule has 3 heteroatoms. The fraction of sp³-hybridized carbons (Fsp3) is 0.692. The predicted octanol–water partition coefficient (Wildman–Crippen LogP) is 2.50. The molecular formula is C13H24N2O. The largest absolute Gasteiger partial charge is 0.466 e. The first-order valence-corrected chi connectivity index (χ1v) is 5.95. The van der Waals surface area contributed by atoms with Crippen LogP contribution in [0.25, 0.3) is 0 Å². The van der Waals surface area contributed by atoms with Crippen LogP contribution in [-0.4, -0.2) is 32.1 Å². The van der Waals surface area contributed by atoms with E-state index in [-0.39, 0.29) is 0 Å². The fourth-order valence-electron chi connectivity index (χ4n) is 1.90. The summed E-state index contributed by atoms with van der Waals surface area (Å²) in [5, 5.41) is 3.52. The Hall–Kier alpha value is -0.800. The topological polar surface area (TPSA) is 28.4 Å². The molecule has 1 aromatic rings. The summed E-state index contributed by atoms with van der Waals surface area (Å²) in [4.78, 5) is 2.21. The molecule has 1 rings (SSSR count). The van der Waals surface area contributed by atoms with Crippen molar-refractivity contribution in [3.63, 3.8) is 0 Å². The molecule has 0 saturated carbocycles. The van der Waals surface area contributed by atoms with Crippen LogP contribution in [0.2, 0.25) is 0 Å². The summed E-state index contributed by atoms with van der Waals surface area (Å²) < 4.78 is 5.53. The van der Waals surface area contributed by atoms with E-state index in [4.69, 9.17) is 4.42 Å². The van der Waals surface area contributed by atoms with Gasteiger partial charge in [-0.1, -0.05) is 0 Å². The van der Waals surface area contributed by atoms with E-state index >= 15 is 0 Å². The molecule has 0 aliphatic rings. The Bertz CT molecular complexity index is 318. The van der Waals surface area contributed by atoms with Crippen LogP contribution >= 0.6 is 0 Å². The van der Waals surface area contributed by atoms with E-state index in [0.29, 0.717) is 6.04 Å². The highest BCUT2D eigenvalue weighted by atomic mass is 16.3. The average molecular weight is 224 g/mol. The van der Waals surface area contributed by atoms with Crippen LogP contribution in [-0.2, 0) is 0 Å². The number of hydrogen-bond donors (Lipinski definition) is 1. The van der Waals surface area contributed by atoms with Gasteiger partial charge in [-0.05, 0) is 60.4 Å². The molecular weight excluding hydrogens is 200 g/mol. The van der Waals surface area contributed by atoms with Gasteiger partial charge in [0.05, 0.1) is 0 Å². The normalized spacial score (nSPS) is 13.4. The van der Waals surface area contributed by atoms with Crippen molar-refractivity contribution in [2.24, 2.45) is 0 Å². The van der Waals surface area contributed by atoms with Gasteiger partial charge in [-0.3, -0.25) is 0 Å². The summed E-state index contributed by atoms with van der Waals surface area (Å²) in [5.74, 6) is 2.03. The van der Waals surface area contributed by atoms with E-state index in [1.54, 1.807) is 0 Å². The quantitative estimate of drug-likeness (QED) is 0.753. The number of nitrogens with zero attached hydrogens (tertiary/aromatic N) is 1. The van der Waals surface area contributed by atoms with Crippen molar-refractivity contribution in [1.29, 1.82) is 0 Å². The number of nitrogens with one attached hydrogen (secondary N) is 1. The summed E-state index contributed by atoms with van der Waals surface area (Å²) in [6, 6.07) is 2.50. The molecule has 0 radical (unpaired) electrons. The monoisotopic (exact) mass is 224 g/mol. The van der Waals surface area contributed by atoms with Gasteiger partial charge >= 0.3 is 0 Å². The summed E-state index contributed by atoms with van der Waals surface area (Å²) >= 11 is 0. The molecule has 1 aromatic heterocycles. The molecule has 0 amide bonds. The van der Waals surface area contributed by atoms with Gasteiger partial charge < -0.3 is 14.6 Å². The lowest BCUT2D eigenvalue weighted by atomic mass is 10.1. The molecule has 0 spiro atoms. The summed E-state index contributed by atoms with van der Waals surface area (Å²) in [6.45, 7) is 8.38. The first-order valence-electron chi connectivity index (χ1n) is 5.95. The van der Waals surface area contributed by atoms with Crippen LogP contribution < -0.4 is 5.32 Å². The summed E-state index contributed by atoms with van der Waals surface area (Å²) in [5.41, 5.74) is 1.28. The smallest absolute Gasteiger partial charge is 0.105 e. The first-order chi connectivity index (χ1) is 7.50. The molecule has 3 nitrogen and oxygen atoms in total. The highest BCUT2D eigenvalue weighted by molar-refractivity contribution is 5.23. The molecule has 1 N–H and O–H groups in total. The summed E-state index contributed by atoms with van der Waals surface area (Å²) in [6.07, 6.45) is 1.17. The molecule has 1 unspecified atom stereocenters. The van der Waals surface area contributed by atoms with Crippen molar-refractivity contribution < 1.29 is 4.42 Å². The molecule has 0 saturated heterocycles. The van der Waals surface area contributed by atoms with Gasteiger partial charge in [0, 0.05) is 11.6 Å². The molecule has 92 valence electrons. The maximum Gasteiger partial charge on any atom is 0.105 e. The first kappa shape index (κ1) is 13.3. The minimum absolute atomic E-state index is 0.375. The van der Waals surface area contributed by atoms with E-state index in [0.717, 1.165) is 24.6 Å². The second-order valence-electron chi connectivity index (χ2n) is 4.70. The zero-order valence-corrected chi connectivity index (χ0v) is 11.1. The lowest BCUT2D eigenvalue weighted by Gasteiger charge is -2.14. The zero-order chi connectivity index (χ0) is 12.1. The van der Waals surface area contributed by atoms with E-state index in [1.165, 1.54) is 12.0 Å². The fourth-order valence-corrected chi connectivity index (χ4v) is 1.90. The lowest BCUT2D eigenvalue weighted by molar-refractivity contribution is 0.388. The maximum atomic E-state index is 5.53. The molecule has 1 heterocycles. The summed E-state index contributed by atoms with van der Waals surface area (Å²) in [7, 11) is 4.21. The average Bonchev–Trinajstić information content (AvgIpc) is 2.52. The lowest BCUT2D eigenvalue weighted by Crippen LogP contribution is -2.23. The van der Waals surface area contributed by atoms with Gasteiger partial charge in [0.15, 0.2) is 0 Å². The maximum absolute atomic E-state index is 5.53. The van der Waals surface area contributed by atoms with Crippen LogP contribution in [0.5, 0.6) is 0 Å². The highest BCUT2D eigenvalue weighted by Gasteiger charge is 2.11. The Morgan fingerprint density at radius 3 is 2.56 bits per heavy atom. The van der Waals surface area contributed by atoms with E-state index < -0.39 is 0 Å². The highest BCUT2D eigenvalue weighted by Crippen LogP contribution is 2.20. The van der Waals surface area contributed by atoms with Crippen molar-refractivity contribution in [3.05, 3.63) is 23.2 Å². The van der Waals surface area contributed by atoms with Gasteiger partial charge in [-0.15, -0.1) is 0 Å². The van der Waals surface area contributed by atoms with Crippen molar-refractivity contribution in [1.82, 2.24) is 10.2 Å². The van der Waals surface area contributed by atoms with Gasteiger partial charge in [0.1, 0.15) is 11.5 Å². The van der Waals surface area contributed by atoms with Gasteiger partial charge in [0.2, 0.25) is 0 Å². The molecule has 0 bridgehead atoms. The minimum atomic E-state index is 0.375. The third kappa shape index (κ3) is 3.99. The van der Waals surface area contributed by atoms with Crippen molar-refractivity contribution >= 4 is 0 Å². The van der Waals surface area contributed by atoms with Crippen LogP contribution in [0.15, 0.2) is 10.5 Å². The standard InChI is InChI=1S/C13H24N2O/c1-10-9-13(12(3)16-10)11(2)14-7-6-8-15(4)5/h9,11,14H,6-8H2,1-5H3. The van der Waals surface area contributed by atoms with Crippen molar-refractivity contribution in [2.45, 2.75) is 33.2 Å². The Morgan fingerprint density at radius 1 is 1.38 bits per heavy atom. The number of furan rings is 1.